The molecule has 0 bridgehead atoms. The fourth-order valence-electron chi connectivity index (χ4n) is 4.18. The molecule has 9 nitrogen and oxygen atoms in total. The van der Waals surface area contributed by atoms with Gasteiger partial charge in [-0.05, 0) is 78.7 Å². The number of hydrogen-bond acceptors (Lipinski definition) is 8. The van der Waals surface area contributed by atoms with Gasteiger partial charge in [0.15, 0.2) is 28.2 Å². The molecule has 1 N–H and O–H groups in total. The summed E-state index contributed by atoms with van der Waals surface area (Å²) in [6, 6.07) is 15.4. The molecule has 0 radical (unpaired) electrons. The number of esters is 1. The first kappa shape index (κ1) is 27.7. The maximum atomic E-state index is 13.5. The summed E-state index contributed by atoms with van der Waals surface area (Å²) < 4.78 is 35.3. The maximum Gasteiger partial charge on any atom is 0.343 e. The Bertz CT molecular complexity index is 1650. The van der Waals surface area contributed by atoms with E-state index in [-0.39, 0.29) is 34.3 Å². The van der Waals surface area contributed by atoms with Gasteiger partial charge in [0.1, 0.15) is 11.7 Å². The van der Waals surface area contributed by atoms with E-state index in [9.17, 15) is 14.0 Å². The molecule has 0 aliphatic carbocycles. The van der Waals surface area contributed by atoms with Crippen LogP contribution in [0.4, 0.5) is 4.39 Å². The van der Waals surface area contributed by atoms with E-state index in [1.54, 1.807) is 59.7 Å². The van der Waals surface area contributed by atoms with Crippen molar-refractivity contribution in [3.05, 3.63) is 94.2 Å². The van der Waals surface area contributed by atoms with Gasteiger partial charge in [-0.25, -0.2) is 9.18 Å². The summed E-state index contributed by atoms with van der Waals surface area (Å²) >= 11 is 1.22. The molecule has 0 fully saturated rings. The molecule has 2 heterocycles. The van der Waals surface area contributed by atoms with Crippen molar-refractivity contribution in [3.8, 4) is 23.0 Å². The fourth-order valence-corrected chi connectivity index (χ4v) is 5.07. The number of rotatable bonds is 8. The van der Waals surface area contributed by atoms with Crippen molar-refractivity contribution in [2.24, 2.45) is 4.99 Å². The van der Waals surface area contributed by atoms with Crippen LogP contribution in [-0.4, -0.2) is 48.6 Å². The number of methoxy groups -OCH3 is 2. The van der Waals surface area contributed by atoms with Gasteiger partial charge < -0.3 is 18.9 Å². The highest BCUT2D eigenvalue weighted by Crippen LogP contribution is 2.38. The molecule has 208 valence electrons. The third-order valence-electron chi connectivity index (χ3n) is 6.15. The third-order valence-corrected chi connectivity index (χ3v) is 6.98. The van der Waals surface area contributed by atoms with Crippen LogP contribution in [0.3, 0.4) is 0 Å². The summed E-state index contributed by atoms with van der Waals surface area (Å²) in [5, 5.41) is 10.9. The number of ether oxygens (including phenoxy) is 4. The van der Waals surface area contributed by atoms with Gasteiger partial charge in [0, 0.05) is 5.41 Å². The van der Waals surface area contributed by atoms with E-state index in [4.69, 9.17) is 24.4 Å². The Balaban J connectivity index is 1.42. The van der Waals surface area contributed by atoms with Crippen molar-refractivity contribution in [2.45, 2.75) is 6.92 Å². The van der Waals surface area contributed by atoms with Gasteiger partial charge in [-0.2, -0.15) is 4.99 Å². The topological polar surface area (TPSA) is 111 Å². The number of carbonyl (C=O) groups is 2. The molecule has 0 atom stereocenters. The number of amidine groups is 2. The SMILES string of the molecule is CCOc1cc(C=C2C(=N)N3C(c4ccc(F)cc4)=CSC3=NC2=O)ccc1OC(=O)c1ccc(OC)c(OC)c1. The smallest absolute Gasteiger partial charge is 0.343 e. The Morgan fingerprint density at radius 3 is 2.44 bits per heavy atom. The van der Waals surface area contributed by atoms with Gasteiger partial charge >= 0.3 is 5.97 Å². The Hall–Kier alpha value is -4.90. The van der Waals surface area contributed by atoms with Gasteiger partial charge in [0.2, 0.25) is 0 Å². The summed E-state index contributed by atoms with van der Waals surface area (Å²) in [6.45, 7) is 2.08. The molecule has 41 heavy (non-hydrogen) atoms. The number of thioether (sulfide) groups is 1. The van der Waals surface area contributed by atoms with Crippen LogP contribution in [0.5, 0.6) is 23.0 Å². The lowest BCUT2D eigenvalue weighted by molar-refractivity contribution is -0.114. The minimum atomic E-state index is -0.629. The number of halogens is 1. The van der Waals surface area contributed by atoms with E-state index in [0.29, 0.717) is 40.1 Å². The fraction of sp³-hybridized carbons (Fsp3) is 0.133. The Kier molecular flexibility index (Phi) is 7.88. The van der Waals surface area contributed by atoms with Crippen LogP contribution in [0.2, 0.25) is 0 Å². The van der Waals surface area contributed by atoms with E-state index in [2.05, 4.69) is 4.99 Å². The highest BCUT2D eigenvalue weighted by molar-refractivity contribution is 8.17. The zero-order valence-corrected chi connectivity index (χ0v) is 23.1. The van der Waals surface area contributed by atoms with Gasteiger partial charge in [-0.3, -0.25) is 15.1 Å². The number of carbonyl (C=O) groups excluding carboxylic acids is 2. The minimum Gasteiger partial charge on any atom is -0.493 e. The van der Waals surface area contributed by atoms with E-state index in [1.165, 1.54) is 50.3 Å². The summed E-state index contributed by atoms with van der Waals surface area (Å²) in [4.78, 5) is 31.5. The van der Waals surface area contributed by atoms with Crippen LogP contribution in [0.1, 0.15) is 28.4 Å². The molecule has 0 spiro atoms. The Morgan fingerprint density at radius 2 is 1.73 bits per heavy atom. The van der Waals surface area contributed by atoms with Crippen molar-refractivity contribution < 1.29 is 32.9 Å². The maximum absolute atomic E-state index is 13.5. The predicted molar refractivity (Wildman–Crippen MR) is 154 cm³/mol. The number of nitrogens with zero attached hydrogens (tertiary/aromatic N) is 2. The number of fused-ring (bicyclic) bond motifs is 1. The summed E-state index contributed by atoms with van der Waals surface area (Å²) in [6.07, 6.45) is 1.53. The molecule has 0 aromatic heterocycles. The van der Waals surface area contributed by atoms with Crippen LogP contribution in [-0.2, 0) is 4.79 Å². The highest BCUT2D eigenvalue weighted by atomic mass is 32.2. The van der Waals surface area contributed by atoms with Gasteiger partial charge in [-0.15, -0.1) is 0 Å². The number of benzene rings is 3. The largest absolute Gasteiger partial charge is 0.493 e. The molecule has 0 saturated carbocycles. The van der Waals surface area contributed by atoms with Crippen molar-refractivity contribution in [1.82, 2.24) is 4.90 Å². The second-order valence-electron chi connectivity index (χ2n) is 8.67. The van der Waals surface area contributed by atoms with E-state index >= 15 is 0 Å². The molecular formula is C30H24FN3O6S. The number of nitrogens with one attached hydrogen (secondary N) is 1. The average molecular weight is 574 g/mol. The molecular weight excluding hydrogens is 549 g/mol. The monoisotopic (exact) mass is 573 g/mol. The summed E-state index contributed by atoms with van der Waals surface area (Å²) in [5.41, 5.74) is 2.14. The van der Waals surface area contributed by atoms with E-state index < -0.39 is 11.9 Å². The molecule has 11 heteroatoms. The highest BCUT2D eigenvalue weighted by Gasteiger charge is 2.36. The molecule has 0 unspecified atom stereocenters. The third kappa shape index (κ3) is 5.57. The molecule has 1 amide bonds. The molecule has 3 aromatic rings. The lowest BCUT2D eigenvalue weighted by Crippen LogP contribution is -2.38. The number of aliphatic imine (C=N–C) groups is 1. The van der Waals surface area contributed by atoms with Crippen LogP contribution in [0.15, 0.2) is 76.6 Å². The molecule has 2 aliphatic heterocycles. The molecule has 0 saturated heterocycles. The van der Waals surface area contributed by atoms with Crippen molar-refractivity contribution in [3.63, 3.8) is 0 Å². The van der Waals surface area contributed by atoms with Crippen LogP contribution in [0, 0.1) is 11.2 Å². The quantitative estimate of drug-likeness (QED) is 0.206. The average Bonchev–Trinajstić information content (AvgIpc) is 3.40. The first-order valence-electron chi connectivity index (χ1n) is 12.4. The first-order chi connectivity index (χ1) is 19.8. The van der Waals surface area contributed by atoms with Crippen LogP contribution < -0.4 is 18.9 Å². The Morgan fingerprint density at radius 1 is 1.00 bits per heavy atom. The zero-order chi connectivity index (χ0) is 29.1. The first-order valence-corrected chi connectivity index (χ1v) is 13.3. The zero-order valence-electron chi connectivity index (χ0n) is 22.3. The lowest BCUT2D eigenvalue weighted by atomic mass is 10.1. The summed E-state index contributed by atoms with van der Waals surface area (Å²) in [5.74, 6) is -0.323. The summed E-state index contributed by atoms with van der Waals surface area (Å²) in [7, 11) is 2.97. The van der Waals surface area contributed by atoms with E-state index in [0.717, 1.165) is 0 Å². The minimum absolute atomic E-state index is 0.0572. The number of hydrogen-bond donors (Lipinski definition) is 1. The van der Waals surface area contributed by atoms with Crippen LogP contribution >= 0.6 is 11.8 Å². The van der Waals surface area contributed by atoms with E-state index in [1.807, 2.05) is 0 Å². The molecule has 5 rings (SSSR count). The second-order valence-corrected chi connectivity index (χ2v) is 9.50. The van der Waals surface area contributed by atoms with Gasteiger partial charge in [0.05, 0.1) is 37.7 Å². The van der Waals surface area contributed by atoms with Crippen LogP contribution in [0.25, 0.3) is 11.8 Å². The number of amides is 1. The standard InChI is InChI=1S/C30H24FN3O6S/c1-4-39-26-14-17(5-11-24(26)40-29(36)19-8-12-23(37-2)25(15-19)38-3)13-21-27(32)34-22(16-41-30(34)33-28(21)35)18-6-9-20(31)10-7-18/h5-16,32H,4H2,1-3H3. The van der Waals surface area contributed by atoms with Crippen molar-refractivity contribution in [2.75, 3.05) is 20.8 Å². The predicted octanol–water partition coefficient (Wildman–Crippen LogP) is 5.77. The normalized spacial score (nSPS) is 15.3. The Labute approximate surface area is 239 Å². The molecule has 2 aliphatic rings. The van der Waals surface area contributed by atoms with Crippen molar-refractivity contribution >= 4 is 46.4 Å². The lowest BCUT2D eigenvalue weighted by Gasteiger charge is -2.27. The second kappa shape index (κ2) is 11.7. The van der Waals surface area contributed by atoms with Gasteiger partial charge in [-0.1, -0.05) is 17.8 Å². The molecule has 3 aromatic carbocycles. The van der Waals surface area contributed by atoms with Crippen molar-refractivity contribution in [1.29, 1.82) is 5.41 Å². The van der Waals surface area contributed by atoms with Gasteiger partial charge in [0.25, 0.3) is 5.91 Å².